The number of nitrogens with one attached hydrogen (secondary N) is 1. The van der Waals surface area contributed by atoms with Crippen molar-refractivity contribution in [1.82, 2.24) is 10.2 Å². The molecule has 1 saturated heterocycles. The van der Waals surface area contributed by atoms with Crippen molar-refractivity contribution in [3.8, 4) is 0 Å². The summed E-state index contributed by atoms with van der Waals surface area (Å²) in [6.07, 6.45) is -4.77. The van der Waals surface area contributed by atoms with Crippen molar-refractivity contribution in [2.24, 2.45) is 5.92 Å². The van der Waals surface area contributed by atoms with Crippen LogP contribution in [0.5, 0.6) is 0 Å². The zero-order valence-corrected chi connectivity index (χ0v) is 10.1. The summed E-state index contributed by atoms with van der Waals surface area (Å²) in [6.45, 7) is 8.06. The number of hydrogen-bond donors (Lipinski definition) is 1. The van der Waals surface area contributed by atoms with E-state index in [9.17, 15) is 13.2 Å². The second-order valence-corrected chi connectivity index (χ2v) is 4.97. The van der Waals surface area contributed by atoms with Crippen molar-refractivity contribution in [2.45, 2.75) is 45.5 Å². The fraction of sp³-hybridized carbons (Fsp3) is 1.00. The van der Waals surface area contributed by atoms with Crippen LogP contribution in [0.2, 0.25) is 0 Å². The highest BCUT2D eigenvalue weighted by molar-refractivity contribution is 4.84. The molecule has 0 aromatic carbocycles. The maximum Gasteiger partial charge on any atom is 0.390 e. The summed E-state index contributed by atoms with van der Waals surface area (Å²) >= 11 is 0. The predicted molar refractivity (Wildman–Crippen MR) is 58.3 cm³/mol. The van der Waals surface area contributed by atoms with Gasteiger partial charge in [0.1, 0.15) is 0 Å². The zero-order chi connectivity index (χ0) is 12.3. The monoisotopic (exact) mass is 238 g/mol. The molecule has 1 heterocycles. The molecule has 0 radical (unpaired) electrons. The molecule has 1 N–H and O–H groups in total. The van der Waals surface area contributed by atoms with E-state index in [1.54, 1.807) is 6.92 Å². The Hall–Kier alpha value is -0.290. The molecule has 0 amide bonds. The molecule has 2 atom stereocenters. The van der Waals surface area contributed by atoms with Gasteiger partial charge in [0.25, 0.3) is 0 Å². The van der Waals surface area contributed by atoms with Gasteiger partial charge in [-0.3, -0.25) is 4.90 Å². The quantitative estimate of drug-likeness (QED) is 0.811. The van der Waals surface area contributed by atoms with Gasteiger partial charge in [0.05, 0.1) is 6.42 Å². The second-order valence-electron chi connectivity index (χ2n) is 4.97. The van der Waals surface area contributed by atoms with Gasteiger partial charge < -0.3 is 5.32 Å². The number of rotatable bonds is 3. The third-order valence-electron chi connectivity index (χ3n) is 3.19. The molecule has 0 aromatic heterocycles. The molecule has 96 valence electrons. The summed E-state index contributed by atoms with van der Waals surface area (Å²) in [7, 11) is 0. The van der Waals surface area contributed by atoms with Crippen molar-refractivity contribution in [1.29, 1.82) is 0 Å². The summed E-state index contributed by atoms with van der Waals surface area (Å²) in [5, 5.41) is 3.34. The van der Waals surface area contributed by atoms with E-state index < -0.39 is 18.6 Å². The minimum Gasteiger partial charge on any atom is -0.311 e. The molecule has 0 bridgehead atoms. The molecule has 2 unspecified atom stereocenters. The Balaban J connectivity index is 2.47. The minimum atomic E-state index is -4.06. The number of hydrogen-bond acceptors (Lipinski definition) is 2. The molecule has 0 aliphatic carbocycles. The zero-order valence-electron chi connectivity index (χ0n) is 10.1. The van der Waals surface area contributed by atoms with Crippen LogP contribution in [0.25, 0.3) is 0 Å². The normalized spacial score (nSPS) is 26.1. The third-order valence-corrected chi connectivity index (χ3v) is 3.19. The summed E-state index contributed by atoms with van der Waals surface area (Å²) < 4.78 is 36.8. The molecule has 1 aliphatic heterocycles. The molecular weight excluding hydrogens is 217 g/mol. The van der Waals surface area contributed by atoms with Gasteiger partial charge in [-0.1, -0.05) is 13.8 Å². The first-order valence-electron chi connectivity index (χ1n) is 5.84. The van der Waals surface area contributed by atoms with E-state index in [-0.39, 0.29) is 0 Å². The number of halogens is 3. The number of alkyl halides is 3. The van der Waals surface area contributed by atoms with E-state index in [4.69, 9.17) is 0 Å². The minimum absolute atomic E-state index is 0.310. The van der Waals surface area contributed by atoms with Gasteiger partial charge in [-0.25, -0.2) is 0 Å². The first-order chi connectivity index (χ1) is 7.29. The van der Waals surface area contributed by atoms with E-state index in [1.165, 1.54) is 0 Å². The van der Waals surface area contributed by atoms with Gasteiger partial charge in [0.2, 0.25) is 0 Å². The smallest absolute Gasteiger partial charge is 0.311 e. The van der Waals surface area contributed by atoms with Crippen molar-refractivity contribution in [3.63, 3.8) is 0 Å². The van der Waals surface area contributed by atoms with Crippen LogP contribution in [-0.2, 0) is 0 Å². The average molecular weight is 238 g/mol. The first-order valence-corrected chi connectivity index (χ1v) is 5.84. The fourth-order valence-corrected chi connectivity index (χ4v) is 2.11. The number of nitrogens with zero attached hydrogens (tertiary/aromatic N) is 1. The molecule has 1 aliphatic rings. The molecule has 0 spiro atoms. The highest BCUT2D eigenvalue weighted by Gasteiger charge is 2.34. The van der Waals surface area contributed by atoms with Crippen molar-refractivity contribution in [3.05, 3.63) is 0 Å². The molecule has 0 saturated carbocycles. The number of piperazine rings is 1. The molecule has 1 fully saturated rings. The Morgan fingerprint density at radius 1 is 1.31 bits per heavy atom. The second kappa shape index (κ2) is 5.36. The summed E-state index contributed by atoms with van der Waals surface area (Å²) in [6, 6.07) is -0.104. The van der Waals surface area contributed by atoms with Crippen molar-refractivity contribution in [2.75, 3.05) is 19.6 Å². The molecule has 16 heavy (non-hydrogen) atoms. The van der Waals surface area contributed by atoms with Crippen LogP contribution in [0.1, 0.15) is 27.2 Å². The van der Waals surface area contributed by atoms with E-state index in [0.717, 1.165) is 13.1 Å². The van der Waals surface area contributed by atoms with Crippen LogP contribution in [0, 0.1) is 5.92 Å². The fourth-order valence-electron chi connectivity index (χ4n) is 2.11. The standard InChI is InChI=1S/C11H21F3N2/c1-8(2)10-7-16(5-4-15-10)9(3)6-11(12,13)14/h8-10,15H,4-7H2,1-3H3. The average Bonchev–Trinajstić information content (AvgIpc) is 2.15. The van der Waals surface area contributed by atoms with E-state index in [2.05, 4.69) is 19.2 Å². The molecule has 1 rings (SSSR count). The van der Waals surface area contributed by atoms with Crippen LogP contribution in [0.3, 0.4) is 0 Å². The molecule has 5 heteroatoms. The van der Waals surface area contributed by atoms with Gasteiger partial charge in [-0.15, -0.1) is 0 Å². The molecular formula is C11H21F3N2. The lowest BCUT2D eigenvalue weighted by Crippen LogP contribution is -2.55. The van der Waals surface area contributed by atoms with Gasteiger partial charge in [0, 0.05) is 31.7 Å². The molecule has 2 nitrogen and oxygen atoms in total. The van der Waals surface area contributed by atoms with Gasteiger partial charge >= 0.3 is 6.18 Å². The summed E-state index contributed by atoms with van der Waals surface area (Å²) in [5.74, 6) is 0.459. The Morgan fingerprint density at radius 2 is 1.94 bits per heavy atom. The predicted octanol–water partition coefficient (Wildman–Crippen LogP) is 2.26. The van der Waals surface area contributed by atoms with Gasteiger partial charge in [-0.05, 0) is 12.8 Å². The first kappa shape index (κ1) is 13.8. The Labute approximate surface area is 95.2 Å². The van der Waals surface area contributed by atoms with Crippen LogP contribution in [0.4, 0.5) is 13.2 Å². The maximum atomic E-state index is 12.3. The largest absolute Gasteiger partial charge is 0.390 e. The van der Waals surface area contributed by atoms with Crippen molar-refractivity contribution < 1.29 is 13.2 Å². The topological polar surface area (TPSA) is 15.3 Å². The lowest BCUT2D eigenvalue weighted by molar-refractivity contribution is -0.147. The SMILES string of the molecule is CC(C)C1CN(C(C)CC(F)(F)F)CCN1. The van der Waals surface area contributed by atoms with Crippen LogP contribution in [0.15, 0.2) is 0 Å². The van der Waals surface area contributed by atoms with E-state index in [0.29, 0.717) is 18.5 Å². The third kappa shape index (κ3) is 4.29. The van der Waals surface area contributed by atoms with Gasteiger partial charge in [0.15, 0.2) is 0 Å². The maximum absolute atomic E-state index is 12.3. The lowest BCUT2D eigenvalue weighted by atomic mass is 10.0. The Bertz CT molecular complexity index is 216. The Morgan fingerprint density at radius 3 is 2.44 bits per heavy atom. The van der Waals surface area contributed by atoms with Crippen LogP contribution >= 0.6 is 0 Å². The summed E-state index contributed by atoms with van der Waals surface area (Å²) in [5.41, 5.74) is 0. The lowest BCUT2D eigenvalue weighted by Gasteiger charge is -2.39. The van der Waals surface area contributed by atoms with Crippen LogP contribution in [-0.4, -0.2) is 42.8 Å². The van der Waals surface area contributed by atoms with Crippen LogP contribution < -0.4 is 5.32 Å². The van der Waals surface area contributed by atoms with E-state index in [1.807, 2.05) is 4.90 Å². The highest BCUT2D eigenvalue weighted by atomic mass is 19.4. The van der Waals surface area contributed by atoms with Gasteiger partial charge in [-0.2, -0.15) is 13.2 Å². The highest BCUT2D eigenvalue weighted by Crippen LogP contribution is 2.24. The summed E-state index contributed by atoms with van der Waals surface area (Å²) in [4.78, 5) is 1.94. The van der Waals surface area contributed by atoms with Crippen molar-refractivity contribution >= 4 is 0 Å². The molecule has 0 aromatic rings. The van der Waals surface area contributed by atoms with E-state index >= 15 is 0 Å². The Kier molecular flexibility index (Phi) is 4.62.